The molecule has 190 valence electrons. The molecule has 0 amide bonds. The maximum Gasteiger partial charge on any atom is 0.339 e. The van der Waals surface area contributed by atoms with E-state index < -0.39 is 46.1 Å². The van der Waals surface area contributed by atoms with Crippen LogP contribution in [0.25, 0.3) is 0 Å². The Morgan fingerprint density at radius 3 is 1.29 bits per heavy atom. The molecule has 0 saturated carbocycles. The lowest BCUT2D eigenvalue weighted by Gasteiger charge is -2.17. The zero-order valence-electron chi connectivity index (χ0n) is 20.7. The fraction of sp³-hybridized carbons (Fsp3) is 0.615. The monoisotopic (exact) mass is 478 g/mol. The number of carboxylic acid groups (broad SMARTS) is 2. The molecule has 34 heavy (non-hydrogen) atoms. The van der Waals surface area contributed by atoms with Crippen LogP contribution in [0.5, 0.6) is 0 Å². The third-order valence-electron chi connectivity index (χ3n) is 6.05. The Balaban J connectivity index is 3.17. The van der Waals surface area contributed by atoms with Gasteiger partial charge in [0.05, 0.1) is 35.5 Å². The molecule has 2 atom stereocenters. The number of hydrogen-bond acceptors (Lipinski definition) is 6. The molecular weight excluding hydrogens is 440 g/mol. The average Bonchev–Trinajstić information content (AvgIpc) is 2.82. The quantitative estimate of drug-likeness (QED) is 0.284. The molecule has 0 aliphatic carbocycles. The van der Waals surface area contributed by atoms with E-state index in [4.69, 9.17) is 9.47 Å². The molecule has 2 N–H and O–H groups in total. The number of carbonyl (C=O) groups excluding carboxylic acids is 2. The third kappa shape index (κ3) is 8.80. The molecular formula is C26H38O8. The second kappa shape index (κ2) is 15.1. The standard InChI is InChI=1S/C26H38O8/c1-5-9-11-17(7-3)15-33-25(31)21-13-20(24(29)30)22(14-19(21)23(27)28)26(32)34-16-18(8-4)12-10-6-2/h13-14,17-18H,5-12,15-16H2,1-4H3,(H,27,28)(H,29,30). The van der Waals surface area contributed by atoms with Gasteiger partial charge in [-0.25, -0.2) is 19.2 Å². The number of carboxylic acids is 2. The molecule has 8 nitrogen and oxygen atoms in total. The molecule has 0 aromatic heterocycles. The number of esters is 2. The summed E-state index contributed by atoms with van der Waals surface area (Å²) in [6.07, 6.45) is 7.29. The van der Waals surface area contributed by atoms with E-state index in [0.29, 0.717) is 0 Å². The number of rotatable bonds is 16. The first-order valence-corrected chi connectivity index (χ1v) is 12.2. The molecule has 1 aromatic rings. The lowest BCUT2D eigenvalue weighted by molar-refractivity contribution is 0.0406. The summed E-state index contributed by atoms with van der Waals surface area (Å²) < 4.78 is 10.6. The van der Waals surface area contributed by atoms with Crippen LogP contribution in [-0.2, 0) is 9.47 Å². The van der Waals surface area contributed by atoms with E-state index in [9.17, 15) is 29.4 Å². The largest absolute Gasteiger partial charge is 0.478 e. The Morgan fingerprint density at radius 2 is 1.03 bits per heavy atom. The number of carbonyl (C=O) groups is 4. The highest BCUT2D eigenvalue weighted by Crippen LogP contribution is 2.22. The second-order valence-electron chi connectivity index (χ2n) is 8.58. The van der Waals surface area contributed by atoms with Crippen molar-refractivity contribution in [1.29, 1.82) is 0 Å². The minimum absolute atomic E-state index is 0.108. The van der Waals surface area contributed by atoms with Crippen molar-refractivity contribution in [3.8, 4) is 0 Å². The predicted molar refractivity (Wildman–Crippen MR) is 128 cm³/mol. The van der Waals surface area contributed by atoms with Gasteiger partial charge >= 0.3 is 23.9 Å². The summed E-state index contributed by atoms with van der Waals surface area (Å²) in [5.41, 5.74) is -1.80. The molecule has 0 radical (unpaired) electrons. The molecule has 0 heterocycles. The summed E-state index contributed by atoms with van der Waals surface area (Å²) >= 11 is 0. The van der Waals surface area contributed by atoms with Crippen LogP contribution in [0.2, 0.25) is 0 Å². The van der Waals surface area contributed by atoms with Gasteiger partial charge in [-0.05, 0) is 36.8 Å². The highest BCUT2D eigenvalue weighted by molar-refractivity contribution is 6.09. The van der Waals surface area contributed by atoms with E-state index in [1.165, 1.54) is 0 Å². The minimum Gasteiger partial charge on any atom is -0.478 e. The van der Waals surface area contributed by atoms with Crippen LogP contribution in [0, 0.1) is 11.8 Å². The number of benzene rings is 1. The predicted octanol–water partition coefficient (Wildman–Crippen LogP) is 5.83. The average molecular weight is 479 g/mol. The Labute approximate surface area is 201 Å². The van der Waals surface area contributed by atoms with E-state index >= 15 is 0 Å². The van der Waals surface area contributed by atoms with Gasteiger partial charge in [-0.3, -0.25) is 0 Å². The number of unbranched alkanes of at least 4 members (excludes halogenated alkanes) is 2. The van der Waals surface area contributed by atoms with Crippen molar-refractivity contribution in [2.75, 3.05) is 13.2 Å². The first kappa shape index (κ1) is 29.1. The molecule has 1 rings (SSSR count). The Kier molecular flexibility index (Phi) is 12.9. The van der Waals surface area contributed by atoms with Crippen molar-refractivity contribution in [3.05, 3.63) is 34.4 Å². The molecule has 0 saturated heterocycles. The first-order chi connectivity index (χ1) is 16.2. The van der Waals surface area contributed by atoms with Crippen molar-refractivity contribution in [2.24, 2.45) is 11.8 Å². The van der Waals surface area contributed by atoms with Crippen molar-refractivity contribution in [3.63, 3.8) is 0 Å². The highest BCUT2D eigenvalue weighted by atomic mass is 16.5. The fourth-order valence-electron chi connectivity index (χ4n) is 3.63. The van der Waals surface area contributed by atoms with Gasteiger partial charge in [-0.1, -0.05) is 66.2 Å². The van der Waals surface area contributed by atoms with Gasteiger partial charge < -0.3 is 19.7 Å². The van der Waals surface area contributed by atoms with Gasteiger partial charge in [0, 0.05) is 0 Å². The summed E-state index contributed by atoms with van der Waals surface area (Å²) in [4.78, 5) is 49.0. The van der Waals surface area contributed by atoms with Gasteiger partial charge in [0.2, 0.25) is 0 Å². The Morgan fingerprint density at radius 1 is 0.676 bits per heavy atom. The Hall–Kier alpha value is -2.90. The summed E-state index contributed by atoms with van der Waals surface area (Å²) in [7, 11) is 0. The van der Waals surface area contributed by atoms with E-state index in [1.807, 2.05) is 13.8 Å². The van der Waals surface area contributed by atoms with Gasteiger partial charge in [0.15, 0.2) is 0 Å². The van der Waals surface area contributed by atoms with Crippen molar-refractivity contribution >= 4 is 23.9 Å². The molecule has 0 fully saturated rings. The van der Waals surface area contributed by atoms with Crippen LogP contribution in [0.1, 0.15) is 120 Å². The van der Waals surface area contributed by atoms with Crippen LogP contribution >= 0.6 is 0 Å². The van der Waals surface area contributed by atoms with Gasteiger partial charge in [0.25, 0.3) is 0 Å². The zero-order chi connectivity index (χ0) is 25.7. The summed E-state index contributed by atoms with van der Waals surface area (Å²) in [6, 6.07) is 1.79. The lowest BCUT2D eigenvalue weighted by atomic mass is 9.97. The van der Waals surface area contributed by atoms with Crippen molar-refractivity contribution in [1.82, 2.24) is 0 Å². The number of ether oxygens (including phenoxy) is 2. The molecule has 0 bridgehead atoms. The molecule has 8 heteroatoms. The van der Waals surface area contributed by atoms with Crippen molar-refractivity contribution < 1.29 is 38.9 Å². The maximum absolute atomic E-state index is 12.7. The molecule has 2 unspecified atom stereocenters. The van der Waals surface area contributed by atoms with Crippen LogP contribution in [0.3, 0.4) is 0 Å². The zero-order valence-corrected chi connectivity index (χ0v) is 20.7. The fourth-order valence-corrected chi connectivity index (χ4v) is 3.63. The second-order valence-corrected chi connectivity index (χ2v) is 8.58. The summed E-state index contributed by atoms with van der Waals surface area (Å²) in [5.74, 6) is -4.54. The highest BCUT2D eigenvalue weighted by Gasteiger charge is 2.27. The normalized spacial score (nSPS) is 12.6. The smallest absolute Gasteiger partial charge is 0.339 e. The molecule has 0 aliphatic heterocycles. The molecule has 0 aliphatic rings. The van der Waals surface area contributed by atoms with Crippen LogP contribution in [0.15, 0.2) is 12.1 Å². The topological polar surface area (TPSA) is 127 Å². The maximum atomic E-state index is 12.7. The van der Waals surface area contributed by atoms with Crippen LogP contribution in [-0.4, -0.2) is 47.3 Å². The SMILES string of the molecule is CCCCC(CC)COC(=O)c1cc(C(=O)O)c(C(=O)OCC(CC)CCCC)cc1C(=O)O. The first-order valence-electron chi connectivity index (χ1n) is 12.2. The minimum atomic E-state index is -1.47. The van der Waals surface area contributed by atoms with Crippen LogP contribution < -0.4 is 0 Å². The van der Waals surface area contributed by atoms with Gasteiger partial charge in [0.1, 0.15) is 0 Å². The van der Waals surface area contributed by atoms with Gasteiger partial charge in [-0.2, -0.15) is 0 Å². The molecule has 1 aromatic carbocycles. The van der Waals surface area contributed by atoms with E-state index in [2.05, 4.69) is 13.8 Å². The summed E-state index contributed by atoms with van der Waals surface area (Å²) in [5, 5.41) is 19.3. The number of aromatic carboxylic acids is 2. The van der Waals surface area contributed by atoms with E-state index in [0.717, 1.165) is 63.5 Å². The number of hydrogen-bond donors (Lipinski definition) is 2. The van der Waals surface area contributed by atoms with E-state index in [-0.39, 0.29) is 25.0 Å². The third-order valence-corrected chi connectivity index (χ3v) is 6.05. The lowest BCUT2D eigenvalue weighted by Crippen LogP contribution is -2.21. The summed E-state index contributed by atoms with van der Waals surface area (Å²) in [6.45, 7) is 8.29. The van der Waals surface area contributed by atoms with Gasteiger partial charge in [-0.15, -0.1) is 0 Å². The Bertz CT molecular complexity index is 776. The van der Waals surface area contributed by atoms with Crippen LogP contribution in [0.4, 0.5) is 0 Å². The van der Waals surface area contributed by atoms with Crippen molar-refractivity contribution in [2.45, 2.75) is 79.1 Å². The van der Waals surface area contributed by atoms with E-state index in [1.54, 1.807) is 0 Å². The molecule has 0 spiro atoms.